The molecule has 0 bridgehead atoms. The van der Waals surface area contributed by atoms with Crippen LogP contribution >= 0.6 is 10.3 Å². The Kier molecular flexibility index (Phi) is 13.6. The number of halogens is 23. The van der Waals surface area contributed by atoms with E-state index in [1.54, 1.807) is 0 Å². The van der Waals surface area contributed by atoms with Crippen LogP contribution in [0.15, 0.2) is 93.5 Å². The second-order valence-corrected chi connectivity index (χ2v) is 15.0. The quantitative estimate of drug-likeness (QED) is 0.119. The van der Waals surface area contributed by atoms with Crippen LogP contribution in [0.5, 0.6) is 11.5 Å². The van der Waals surface area contributed by atoms with Gasteiger partial charge in [-0.3, -0.25) is 0 Å². The standard InChI is InChI=1S/C34H23F23O4S/c1-3-59-18-10-14-21(15-11-18)62(20-8-6-5-7-9-20,22-16-12-19(13-17-22)60-4-2)61-23(58)24(35,36)25(37,38)26(39,40)27(41,42)28(43,44)29(45,46)30(47,48)31(49,50)32(51,52)33(53,54)34(55,56)57/h5-17H,3-4H2,1-2H3. The number of alkyl halides is 23. The van der Waals surface area contributed by atoms with Gasteiger partial charge in [0, 0.05) is 14.7 Å². The first-order valence-corrected chi connectivity index (χ1v) is 17.8. The summed E-state index contributed by atoms with van der Waals surface area (Å²) >= 11 is 0. The maximum atomic E-state index is 15.5. The van der Waals surface area contributed by atoms with Gasteiger partial charge >= 0.3 is 71.4 Å². The molecule has 0 heterocycles. The largest absolute Gasteiger partial charge is 0.494 e. The molecule has 0 aliphatic heterocycles. The number of carbonyl (C=O) groups is 1. The molecule has 62 heavy (non-hydrogen) atoms. The molecule has 28 heteroatoms. The van der Waals surface area contributed by atoms with Crippen LogP contribution in [0.25, 0.3) is 0 Å². The highest BCUT2D eigenvalue weighted by Crippen LogP contribution is 2.71. The minimum Gasteiger partial charge on any atom is -0.494 e. The highest BCUT2D eigenvalue weighted by Gasteiger charge is 2.99. The molecule has 4 nitrogen and oxygen atoms in total. The molecular formula is C34H23F23O4S. The van der Waals surface area contributed by atoms with Crippen LogP contribution in [0.2, 0.25) is 0 Å². The number of ether oxygens (including phenoxy) is 2. The summed E-state index contributed by atoms with van der Waals surface area (Å²) in [7, 11) is -4.51. The van der Waals surface area contributed by atoms with E-state index in [4.69, 9.17) is 13.7 Å². The fraction of sp³-hybridized carbons (Fsp3) is 0.441. The lowest BCUT2D eigenvalue weighted by Crippen LogP contribution is -2.78. The van der Waals surface area contributed by atoms with E-state index >= 15 is 17.6 Å². The van der Waals surface area contributed by atoms with E-state index in [1.165, 1.54) is 19.9 Å². The first kappa shape index (κ1) is 51.8. The van der Waals surface area contributed by atoms with Crippen molar-refractivity contribution in [1.82, 2.24) is 0 Å². The molecular weight excluding hydrogens is 941 g/mol. The van der Waals surface area contributed by atoms with Gasteiger partial charge in [0.05, 0.1) is 13.2 Å². The van der Waals surface area contributed by atoms with E-state index in [0.29, 0.717) is 0 Å². The van der Waals surface area contributed by atoms with Gasteiger partial charge in [-0.05, 0) is 84.8 Å². The molecule has 0 aliphatic rings. The molecule has 0 saturated carbocycles. The van der Waals surface area contributed by atoms with Gasteiger partial charge in [-0.25, -0.2) is 4.79 Å². The molecule has 0 radical (unpaired) electrons. The van der Waals surface area contributed by atoms with Gasteiger partial charge in [-0.15, -0.1) is 0 Å². The molecule has 0 aliphatic carbocycles. The molecule has 0 saturated heterocycles. The Hall–Kier alpha value is -4.53. The molecule has 350 valence electrons. The summed E-state index contributed by atoms with van der Waals surface area (Å²) in [5.41, 5.74) is 0. The lowest BCUT2D eigenvalue weighted by molar-refractivity contribution is -0.477. The summed E-state index contributed by atoms with van der Waals surface area (Å²) in [5, 5.41) is 0. The Morgan fingerprint density at radius 1 is 0.403 bits per heavy atom. The van der Waals surface area contributed by atoms with Crippen molar-refractivity contribution < 1.29 is 119 Å². The smallest absolute Gasteiger partial charge is 0.460 e. The predicted octanol–water partition coefficient (Wildman–Crippen LogP) is 13.1. The molecule has 0 unspecified atom stereocenters. The predicted molar refractivity (Wildman–Crippen MR) is 166 cm³/mol. The zero-order chi connectivity index (χ0) is 48.2. The van der Waals surface area contributed by atoms with Crippen LogP contribution in [0.3, 0.4) is 0 Å². The summed E-state index contributed by atoms with van der Waals surface area (Å²) < 4.78 is 340. The number of benzene rings is 3. The number of rotatable bonds is 18. The maximum Gasteiger partial charge on any atom is 0.460 e. The molecule has 0 atom stereocenters. The van der Waals surface area contributed by atoms with Gasteiger partial charge in [0.15, 0.2) is 0 Å². The lowest BCUT2D eigenvalue weighted by Gasteiger charge is -2.45. The van der Waals surface area contributed by atoms with Gasteiger partial charge in [0.2, 0.25) is 0 Å². The second-order valence-electron chi connectivity index (χ2n) is 12.3. The molecule has 3 rings (SSSR count). The van der Waals surface area contributed by atoms with E-state index < -0.39 is 96.4 Å². The van der Waals surface area contributed by atoms with Gasteiger partial charge < -0.3 is 13.7 Å². The molecule has 0 amide bonds. The summed E-state index contributed by atoms with van der Waals surface area (Å²) in [4.78, 5) is 11.5. The molecule has 0 fully saturated rings. The van der Waals surface area contributed by atoms with E-state index in [0.717, 1.165) is 72.8 Å². The molecule has 0 spiro atoms. The Labute approximate surface area is 333 Å². The van der Waals surface area contributed by atoms with Crippen molar-refractivity contribution >= 4 is 16.3 Å². The minimum atomic E-state index is -9.58. The zero-order valence-corrected chi connectivity index (χ0v) is 31.0. The van der Waals surface area contributed by atoms with Crippen molar-refractivity contribution in [2.75, 3.05) is 13.2 Å². The average molecular weight is 965 g/mol. The lowest BCUT2D eigenvalue weighted by atomic mass is 9.85. The van der Waals surface area contributed by atoms with Crippen molar-refractivity contribution in [1.29, 1.82) is 0 Å². The molecule has 0 aromatic heterocycles. The van der Waals surface area contributed by atoms with Crippen LogP contribution in [-0.4, -0.2) is 84.6 Å². The average Bonchev–Trinajstić information content (AvgIpc) is 3.17. The number of hydrogen-bond donors (Lipinski definition) is 0. The highest BCUT2D eigenvalue weighted by atomic mass is 32.3. The van der Waals surface area contributed by atoms with E-state index in [-0.39, 0.29) is 24.7 Å². The Morgan fingerprint density at radius 2 is 0.677 bits per heavy atom. The first-order valence-electron chi connectivity index (χ1n) is 16.2. The van der Waals surface area contributed by atoms with Crippen molar-refractivity contribution in [2.24, 2.45) is 0 Å². The van der Waals surface area contributed by atoms with Crippen LogP contribution in [0.1, 0.15) is 13.8 Å². The summed E-state index contributed by atoms with van der Waals surface area (Å²) in [5.74, 6) is -94.9. The van der Waals surface area contributed by atoms with Crippen LogP contribution < -0.4 is 9.47 Å². The van der Waals surface area contributed by atoms with Crippen molar-refractivity contribution in [3.8, 4) is 11.5 Å². The molecule has 3 aromatic rings. The van der Waals surface area contributed by atoms with Crippen LogP contribution in [0.4, 0.5) is 101 Å². The third-order valence-electron chi connectivity index (χ3n) is 8.37. The minimum absolute atomic E-state index is 0.0322. The normalized spacial score (nSPS) is 15.0. The van der Waals surface area contributed by atoms with Crippen molar-refractivity contribution in [3.63, 3.8) is 0 Å². The number of hydrogen-bond acceptors (Lipinski definition) is 4. The second kappa shape index (κ2) is 16.2. The van der Waals surface area contributed by atoms with Crippen molar-refractivity contribution in [3.05, 3.63) is 78.9 Å². The number of carbonyl (C=O) groups excluding carboxylic acids is 1. The summed E-state index contributed by atoms with van der Waals surface area (Å²) in [6.45, 7) is 2.87. The van der Waals surface area contributed by atoms with Gasteiger partial charge in [0.1, 0.15) is 11.5 Å². The van der Waals surface area contributed by atoms with E-state index in [1.807, 2.05) is 0 Å². The third-order valence-corrected chi connectivity index (χ3v) is 11.6. The Morgan fingerprint density at radius 3 is 0.968 bits per heavy atom. The van der Waals surface area contributed by atoms with E-state index in [9.17, 15) is 88.2 Å². The molecule has 3 aromatic carbocycles. The van der Waals surface area contributed by atoms with Gasteiger partial charge in [-0.2, -0.15) is 101 Å². The van der Waals surface area contributed by atoms with Gasteiger partial charge in [-0.1, -0.05) is 18.2 Å². The third kappa shape index (κ3) is 7.47. The van der Waals surface area contributed by atoms with Crippen LogP contribution in [-0.2, 0) is 8.98 Å². The monoisotopic (exact) mass is 964 g/mol. The van der Waals surface area contributed by atoms with E-state index in [2.05, 4.69) is 0 Å². The Balaban J connectivity index is 2.28. The fourth-order valence-corrected chi connectivity index (χ4v) is 8.02. The van der Waals surface area contributed by atoms with Crippen LogP contribution in [0, 0.1) is 0 Å². The Bertz CT molecular complexity index is 1970. The molecule has 0 N–H and O–H groups in total. The fourth-order valence-electron chi connectivity index (χ4n) is 5.00. The summed E-state index contributed by atoms with van der Waals surface area (Å²) in [6.07, 6.45) is -8.17. The summed E-state index contributed by atoms with van der Waals surface area (Å²) in [6, 6.07) is 12.8. The van der Waals surface area contributed by atoms with Crippen molar-refractivity contribution in [2.45, 2.75) is 93.9 Å². The topological polar surface area (TPSA) is 44.8 Å². The highest BCUT2D eigenvalue weighted by molar-refractivity contribution is 8.30. The first-order chi connectivity index (χ1) is 27.8. The zero-order valence-electron chi connectivity index (χ0n) is 30.2. The van der Waals surface area contributed by atoms with Gasteiger partial charge in [0.25, 0.3) is 0 Å². The SMILES string of the molecule is CCOc1ccc(S(OC(=O)C(F)(F)C(F)(F)C(F)(F)C(F)(F)C(F)(F)C(F)(F)C(F)(F)C(F)(F)C(F)(F)C(F)(F)C(F)(F)F)(c2ccccc2)c2ccc(OCC)cc2)cc1. The maximum absolute atomic E-state index is 15.5.